The van der Waals surface area contributed by atoms with Crippen LogP contribution >= 0.6 is 11.8 Å². The lowest BCUT2D eigenvalue weighted by Crippen LogP contribution is -2.21. The van der Waals surface area contributed by atoms with Gasteiger partial charge in [0.2, 0.25) is 0 Å². The predicted molar refractivity (Wildman–Crippen MR) is 84.5 cm³/mol. The van der Waals surface area contributed by atoms with Crippen LogP contribution in [0, 0.1) is 11.8 Å². The standard InChI is InChI=1S/C17H24OS/c1-4-5-6-7-12-17(2,18)13-11-15-9-8-10-16(14-15)19-3/h8-10,14,18H,4-7,12H2,1-3H3. The predicted octanol–water partition coefficient (Wildman–Crippen LogP) is 4.48. The summed E-state index contributed by atoms with van der Waals surface area (Å²) in [5, 5.41) is 10.2. The van der Waals surface area contributed by atoms with Crippen molar-refractivity contribution in [3.63, 3.8) is 0 Å². The Kier molecular flexibility index (Phi) is 7.05. The van der Waals surface area contributed by atoms with E-state index in [4.69, 9.17) is 0 Å². The molecule has 0 saturated heterocycles. The molecule has 1 aromatic rings. The first-order chi connectivity index (χ1) is 9.07. The Balaban J connectivity index is 2.58. The maximum atomic E-state index is 10.2. The van der Waals surface area contributed by atoms with Gasteiger partial charge in [0, 0.05) is 10.5 Å². The summed E-state index contributed by atoms with van der Waals surface area (Å²) in [7, 11) is 0. The Bertz CT molecular complexity index is 440. The highest BCUT2D eigenvalue weighted by atomic mass is 32.2. The molecule has 1 aromatic carbocycles. The zero-order valence-electron chi connectivity index (χ0n) is 12.2. The first kappa shape index (κ1) is 16.1. The quantitative estimate of drug-likeness (QED) is 0.469. The molecule has 0 heterocycles. The molecule has 0 aliphatic rings. The highest BCUT2D eigenvalue weighted by molar-refractivity contribution is 7.98. The molecular formula is C17H24OS. The summed E-state index contributed by atoms with van der Waals surface area (Å²) in [6.45, 7) is 4.00. The molecular weight excluding hydrogens is 252 g/mol. The van der Waals surface area contributed by atoms with Crippen molar-refractivity contribution >= 4 is 11.8 Å². The van der Waals surface area contributed by atoms with Crippen LogP contribution in [0.25, 0.3) is 0 Å². The first-order valence-corrected chi connectivity index (χ1v) is 8.19. The molecule has 0 amide bonds. The van der Waals surface area contributed by atoms with Crippen LogP contribution in [-0.2, 0) is 0 Å². The van der Waals surface area contributed by atoms with Crippen molar-refractivity contribution in [1.29, 1.82) is 0 Å². The zero-order chi connectivity index (χ0) is 14.1. The van der Waals surface area contributed by atoms with E-state index in [0.717, 1.165) is 18.4 Å². The number of aliphatic hydroxyl groups is 1. The van der Waals surface area contributed by atoms with Crippen LogP contribution in [0.4, 0.5) is 0 Å². The van der Waals surface area contributed by atoms with E-state index >= 15 is 0 Å². The molecule has 19 heavy (non-hydrogen) atoms. The van der Waals surface area contributed by atoms with Gasteiger partial charge in [-0.15, -0.1) is 11.8 Å². The molecule has 1 unspecified atom stereocenters. The van der Waals surface area contributed by atoms with Gasteiger partial charge in [0.25, 0.3) is 0 Å². The molecule has 1 N–H and O–H groups in total. The van der Waals surface area contributed by atoms with Gasteiger partial charge in [0.05, 0.1) is 0 Å². The van der Waals surface area contributed by atoms with Gasteiger partial charge in [-0.25, -0.2) is 0 Å². The zero-order valence-corrected chi connectivity index (χ0v) is 13.0. The van der Waals surface area contributed by atoms with Gasteiger partial charge in [-0.2, -0.15) is 0 Å². The number of thioether (sulfide) groups is 1. The second kappa shape index (κ2) is 8.30. The summed E-state index contributed by atoms with van der Waals surface area (Å²) in [6, 6.07) is 8.12. The molecule has 1 atom stereocenters. The van der Waals surface area contributed by atoms with Crippen LogP contribution in [0.2, 0.25) is 0 Å². The van der Waals surface area contributed by atoms with Crippen molar-refractivity contribution in [2.45, 2.75) is 56.4 Å². The van der Waals surface area contributed by atoms with E-state index in [1.165, 1.54) is 24.2 Å². The maximum absolute atomic E-state index is 10.2. The summed E-state index contributed by atoms with van der Waals surface area (Å²) in [5.41, 5.74) is 0.101. The van der Waals surface area contributed by atoms with E-state index < -0.39 is 5.60 Å². The van der Waals surface area contributed by atoms with Crippen molar-refractivity contribution in [2.75, 3.05) is 6.26 Å². The Hall–Kier alpha value is -0.910. The average Bonchev–Trinajstić information content (AvgIpc) is 2.42. The van der Waals surface area contributed by atoms with Crippen LogP contribution in [0.3, 0.4) is 0 Å². The first-order valence-electron chi connectivity index (χ1n) is 6.97. The third-order valence-corrected chi connectivity index (χ3v) is 3.79. The van der Waals surface area contributed by atoms with Crippen molar-refractivity contribution < 1.29 is 5.11 Å². The lowest BCUT2D eigenvalue weighted by atomic mass is 9.98. The number of hydrogen-bond acceptors (Lipinski definition) is 2. The molecule has 0 fully saturated rings. The fourth-order valence-electron chi connectivity index (χ4n) is 1.87. The molecule has 0 saturated carbocycles. The van der Waals surface area contributed by atoms with E-state index in [1.807, 2.05) is 19.1 Å². The van der Waals surface area contributed by atoms with Crippen LogP contribution in [-0.4, -0.2) is 17.0 Å². The van der Waals surface area contributed by atoms with Crippen molar-refractivity contribution in [1.82, 2.24) is 0 Å². The molecule has 104 valence electrons. The van der Waals surface area contributed by atoms with Gasteiger partial charge >= 0.3 is 0 Å². The van der Waals surface area contributed by atoms with Gasteiger partial charge < -0.3 is 5.11 Å². The maximum Gasteiger partial charge on any atom is 0.123 e. The van der Waals surface area contributed by atoms with E-state index in [2.05, 4.69) is 37.2 Å². The van der Waals surface area contributed by atoms with Crippen molar-refractivity contribution in [3.05, 3.63) is 29.8 Å². The Morgan fingerprint density at radius 1 is 1.26 bits per heavy atom. The summed E-state index contributed by atoms with van der Waals surface area (Å²) < 4.78 is 0. The second-order valence-corrected chi connectivity index (χ2v) is 5.95. The van der Waals surface area contributed by atoms with Crippen LogP contribution in [0.1, 0.15) is 51.5 Å². The average molecular weight is 276 g/mol. The van der Waals surface area contributed by atoms with Gasteiger partial charge in [0.1, 0.15) is 5.60 Å². The molecule has 0 bridgehead atoms. The largest absolute Gasteiger partial charge is 0.378 e. The fraction of sp³-hybridized carbons (Fsp3) is 0.529. The van der Waals surface area contributed by atoms with E-state index in [9.17, 15) is 5.11 Å². The van der Waals surface area contributed by atoms with Gasteiger partial charge in [-0.1, -0.05) is 44.1 Å². The minimum absolute atomic E-state index is 0.752. The van der Waals surface area contributed by atoms with E-state index in [0.29, 0.717) is 0 Å². The molecule has 0 aliphatic heterocycles. The van der Waals surface area contributed by atoms with Gasteiger partial charge in [0.15, 0.2) is 0 Å². The minimum atomic E-state index is -0.872. The normalized spacial score (nSPS) is 13.5. The minimum Gasteiger partial charge on any atom is -0.378 e. The lowest BCUT2D eigenvalue weighted by Gasteiger charge is -2.15. The van der Waals surface area contributed by atoms with Crippen molar-refractivity contribution in [3.8, 4) is 11.8 Å². The number of rotatable bonds is 6. The SMILES string of the molecule is CCCCCCC(C)(O)C#Cc1cccc(SC)c1. The fourth-order valence-corrected chi connectivity index (χ4v) is 2.33. The summed E-state index contributed by atoms with van der Waals surface area (Å²) in [5.74, 6) is 6.09. The van der Waals surface area contributed by atoms with Crippen molar-refractivity contribution in [2.24, 2.45) is 0 Å². The highest BCUT2D eigenvalue weighted by Gasteiger charge is 2.15. The highest BCUT2D eigenvalue weighted by Crippen LogP contribution is 2.17. The summed E-state index contributed by atoms with van der Waals surface area (Å²) in [4.78, 5) is 1.20. The monoisotopic (exact) mass is 276 g/mol. The molecule has 0 radical (unpaired) electrons. The second-order valence-electron chi connectivity index (χ2n) is 5.07. The lowest BCUT2D eigenvalue weighted by molar-refractivity contribution is 0.109. The Morgan fingerprint density at radius 2 is 2.05 bits per heavy atom. The third kappa shape index (κ3) is 6.71. The Labute approximate surface area is 121 Å². The van der Waals surface area contributed by atoms with Gasteiger partial charge in [-0.3, -0.25) is 0 Å². The summed E-state index contributed by atoms with van der Waals surface area (Å²) in [6.07, 6.45) is 7.48. The molecule has 0 aromatic heterocycles. The van der Waals surface area contributed by atoms with Gasteiger partial charge in [-0.05, 0) is 44.2 Å². The smallest absolute Gasteiger partial charge is 0.123 e. The molecule has 0 spiro atoms. The number of unbranched alkanes of at least 4 members (excludes halogenated alkanes) is 3. The molecule has 1 nitrogen and oxygen atoms in total. The Morgan fingerprint density at radius 3 is 2.74 bits per heavy atom. The molecule has 0 aliphatic carbocycles. The summed E-state index contributed by atoms with van der Waals surface area (Å²) >= 11 is 1.71. The third-order valence-electron chi connectivity index (χ3n) is 3.06. The number of benzene rings is 1. The van der Waals surface area contributed by atoms with Crippen LogP contribution in [0.15, 0.2) is 29.2 Å². The van der Waals surface area contributed by atoms with E-state index in [-0.39, 0.29) is 0 Å². The van der Waals surface area contributed by atoms with E-state index in [1.54, 1.807) is 11.8 Å². The van der Waals surface area contributed by atoms with Crippen LogP contribution < -0.4 is 0 Å². The molecule has 2 heteroatoms. The topological polar surface area (TPSA) is 20.2 Å². The molecule has 1 rings (SSSR count). The number of hydrogen-bond donors (Lipinski definition) is 1. The van der Waals surface area contributed by atoms with Crippen LogP contribution in [0.5, 0.6) is 0 Å².